The zero-order valence-corrected chi connectivity index (χ0v) is 17.7. The largest absolute Gasteiger partial charge is 0.356 e. The van der Waals surface area contributed by atoms with Crippen molar-refractivity contribution in [2.45, 2.75) is 32.1 Å². The maximum absolute atomic E-state index is 4.35. The summed E-state index contributed by atoms with van der Waals surface area (Å²) in [6.45, 7) is 6.49. The van der Waals surface area contributed by atoms with Crippen LogP contribution in [0.15, 0.2) is 22.5 Å². The van der Waals surface area contributed by atoms with Gasteiger partial charge in [0.1, 0.15) is 0 Å². The summed E-state index contributed by atoms with van der Waals surface area (Å²) in [5.41, 5.74) is 0.132. The third-order valence-electron chi connectivity index (χ3n) is 4.01. The predicted molar refractivity (Wildman–Crippen MR) is 112 cm³/mol. The van der Waals surface area contributed by atoms with Gasteiger partial charge in [-0.1, -0.05) is 19.9 Å². The summed E-state index contributed by atoms with van der Waals surface area (Å²) >= 11 is 3.90. The molecule has 2 N–H and O–H groups in total. The highest BCUT2D eigenvalue weighted by molar-refractivity contribution is 14.0. The van der Waals surface area contributed by atoms with E-state index in [1.807, 2.05) is 18.4 Å². The summed E-state index contributed by atoms with van der Waals surface area (Å²) in [4.78, 5) is 5.76. The van der Waals surface area contributed by atoms with E-state index in [-0.39, 0.29) is 29.4 Å². The number of hydrogen-bond acceptors (Lipinski definition) is 3. The van der Waals surface area contributed by atoms with Crippen molar-refractivity contribution >= 4 is 53.0 Å². The van der Waals surface area contributed by atoms with Crippen molar-refractivity contribution in [3.05, 3.63) is 22.4 Å². The molecule has 3 nitrogen and oxygen atoms in total. The molecular formula is C16H28IN3S2. The first-order valence-electron chi connectivity index (χ1n) is 7.68. The van der Waals surface area contributed by atoms with E-state index in [0.29, 0.717) is 0 Å². The molecule has 22 heavy (non-hydrogen) atoms. The van der Waals surface area contributed by atoms with Crippen molar-refractivity contribution in [1.82, 2.24) is 10.6 Å². The summed E-state index contributed by atoms with van der Waals surface area (Å²) < 4.78 is 0. The fraction of sp³-hybridized carbons (Fsp3) is 0.688. The average Bonchev–Trinajstić information content (AvgIpc) is 3.03. The highest BCUT2D eigenvalue weighted by Crippen LogP contribution is 2.26. The lowest BCUT2D eigenvalue weighted by Crippen LogP contribution is -2.44. The Labute approximate surface area is 160 Å². The summed E-state index contributed by atoms with van der Waals surface area (Å²) in [6, 6.07) is 4.33. The Kier molecular flexibility index (Phi) is 9.16. The fourth-order valence-corrected chi connectivity index (χ4v) is 4.52. The molecule has 2 rings (SSSR count). The number of thiophene rings is 1. The van der Waals surface area contributed by atoms with Crippen LogP contribution in [0, 0.1) is 5.92 Å². The van der Waals surface area contributed by atoms with E-state index in [2.05, 4.69) is 58.7 Å². The van der Waals surface area contributed by atoms with Crippen LogP contribution in [0.5, 0.6) is 0 Å². The Morgan fingerprint density at radius 1 is 1.32 bits per heavy atom. The number of guanidine groups is 1. The summed E-state index contributed by atoms with van der Waals surface area (Å²) in [7, 11) is 1.85. The quantitative estimate of drug-likeness (QED) is 0.403. The van der Waals surface area contributed by atoms with Crippen molar-refractivity contribution in [3.8, 4) is 0 Å². The molecule has 1 aromatic heterocycles. The number of aliphatic imine (C=N–C) groups is 1. The molecule has 0 bridgehead atoms. The molecule has 0 saturated carbocycles. The topological polar surface area (TPSA) is 36.4 Å². The molecule has 0 atom stereocenters. The first-order chi connectivity index (χ1) is 10.1. The monoisotopic (exact) mass is 453 g/mol. The molecule has 1 aromatic rings. The van der Waals surface area contributed by atoms with Crippen molar-refractivity contribution in [1.29, 1.82) is 0 Å². The molecule has 1 aliphatic heterocycles. The first kappa shape index (κ1) is 20.1. The summed E-state index contributed by atoms with van der Waals surface area (Å²) in [5.74, 6) is 4.35. The lowest BCUT2D eigenvalue weighted by Gasteiger charge is -2.26. The highest BCUT2D eigenvalue weighted by atomic mass is 127. The molecule has 2 heterocycles. The second kappa shape index (κ2) is 10.0. The van der Waals surface area contributed by atoms with E-state index in [1.165, 1.54) is 29.2 Å². The zero-order valence-electron chi connectivity index (χ0n) is 13.7. The minimum atomic E-state index is 0. The van der Waals surface area contributed by atoms with Crippen LogP contribution >= 0.6 is 47.1 Å². The molecular weight excluding hydrogens is 425 g/mol. The highest BCUT2D eigenvalue weighted by Gasteiger charge is 2.22. The van der Waals surface area contributed by atoms with Crippen LogP contribution in [0.1, 0.15) is 31.6 Å². The summed E-state index contributed by atoms with van der Waals surface area (Å²) in [6.07, 6.45) is 2.66. The van der Waals surface area contributed by atoms with E-state index in [0.717, 1.165) is 25.0 Å². The van der Waals surface area contributed by atoms with Crippen LogP contribution in [0.25, 0.3) is 0 Å². The number of nitrogens with zero attached hydrogens (tertiary/aromatic N) is 1. The van der Waals surface area contributed by atoms with Crippen molar-refractivity contribution in [2.75, 3.05) is 31.6 Å². The van der Waals surface area contributed by atoms with Gasteiger partial charge in [0.2, 0.25) is 0 Å². The number of halogens is 1. The minimum Gasteiger partial charge on any atom is -0.356 e. The Morgan fingerprint density at radius 3 is 2.64 bits per heavy atom. The molecule has 126 valence electrons. The van der Waals surface area contributed by atoms with Gasteiger partial charge in [0.25, 0.3) is 0 Å². The SMILES string of the molecule is CN=C(NCC1CCSCC1)NCC(C)(C)c1cccs1.I. The van der Waals surface area contributed by atoms with Crippen LogP contribution in [0.3, 0.4) is 0 Å². The third kappa shape index (κ3) is 6.28. The van der Waals surface area contributed by atoms with E-state index in [9.17, 15) is 0 Å². The summed E-state index contributed by atoms with van der Waals surface area (Å²) in [5, 5.41) is 9.11. The lowest BCUT2D eigenvalue weighted by molar-refractivity contribution is 0.473. The van der Waals surface area contributed by atoms with Crippen molar-refractivity contribution < 1.29 is 0 Å². The fourth-order valence-electron chi connectivity index (χ4n) is 2.47. The Morgan fingerprint density at radius 2 is 2.05 bits per heavy atom. The second-order valence-electron chi connectivity index (χ2n) is 6.22. The van der Waals surface area contributed by atoms with E-state index in [1.54, 1.807) is 0 Å². The van der Waals surface area contributed by atoms with Gasteiger partial charge in [-0.25, -0.2) is 0 Å². The maximum Gasteiger partial charge on any atom is 0.191 e. The minimum absolute atomic E-state index is 0. The number of hydrogen-bond donors (Lipinski definition) is 2. The molecule has 1 saturated heterocycles. The van der Waals surface area contributed by atoms with Crippen molar-refractivity contribution in [2.24, 2.45) is 10.9 Å². The standard InChI is InChI=1S/C16H27N3S2.HI/c1-16(2,14-5-4-8-21-14)12-19-15(17-3)18-11-13-6-9-20-10-7-13;/h4-5,8,13H,6-7,9-12H2,1-3H3,(H2,17,18,19);1H. The van der Waals surface area contributed by atoms with Gasteiger partial charge >= 0.3 is 0 Å². The molecule has 0 aliphatic carbocycles. The lowest BCUT2D eigenvalue weighted by atomic mass is 9.91. The van der Waals surface area contributed by atoms with Gasteiger partial charge in [-0.05, 0) is 41.7 Å². The van der Waals surface area contributed by atoms with Gasteiger partial charge < -0.3 is 10.6 Å². The van der Waals surface area contributed by atoms with Gasteiger partial charge in [-0.3, -0.25) is 4.99 Å². The van der Waals surface area contributed by atoms with Gasteiger partial charge in [0.05, 0.1) is 0 Å². The van der Waals surface area contributed by atoms with Crippen LogP contribution < -0.4 is 10.6 Å². The van der Waals surface area contributed by atoms with Gasteiger partial charge in [-0.15, -0.1) is 35.3 Å². The smallest absolute Gasteiger partial charge is 0.191 e. The Balaban J connectivity index is 0.00000242. The molecule has 0 spiro atoms. The molecule has 0 radical (unpaired) electrons. The van der Waals surface area contributed by atoms with E-state index < -0.39 is 0 Å². The second-order valence-corrected chi connectivity index (χ2v) is 8.40. The molecule has 1 fully saturated rings. The molecule has 1 aliphatic rings. The first-order valence-corrected chi connectivity index (χ1v) is 9.71. The van der Waals surface area contributed by atoms with E-state index >= 15 is 0 Å². The van der Waals surface area contributed by atoms with Gasteiger partial charge in [-0.2, -0.15) is 11.8 Å². The normalized spacial score (nSPS) is 17.0. The molecule has 0 unspecified atom stereocenters. The average molecular weight is 453 g/mol. The third-order valence-corrected chi connectivity index (χ3v) is 6.29. The molecule has 0 amide bonds. The number of rotatable bonds is 5. The van der Waals surface area contributed by atoms with Gasteiger partial charge in [0.15, 0.2) is 5.96 Å². The van der Waals surface area contributed by atoms with E-state index in [4.69, 9.17) is 0 Å². The van der Waals surface area contributed by atoms with Crippen LogP contribution in [-0.4, -0.2) is 37.6 Å². The van der Waals surface area contributed by atoms with Crippen LogP contribution in [-0.2, 0) is 5.41 Å². The van der Waals surface area contributed by atoms with Crippen molar-refractivity contribution in [3.63, 3.8) is 0 Å². The molecule has 6 heteroatoms. The number of thioether (sulfide) groups is 1. The predicted octanol–water partition coefficient (Wildman–Crippen LogP) is 3.95. The zero-order chi connectivity index (χ0) is 15.1. The Hall–Kier alpha value is 0.0500. The van der Waals surface area contributed by atoms with Crippen LogP contribution in [0.2, 0.25) is 0 Å². The Bertz CT molecular complexity index is 440. The van der Waals surface area contributed by atoms with Crippen LogP contribution in [0.4, 0.5) is 0 Å². The molecule has 0 aromatic carbocycles. The maximum atomic E-state index is 4.35. The van der Waals surface area contributed by atoms with Gasteiger partial charge in [0, 0.05) is 30.4 Å². The number of nitrogens with one attached hydrogen (secondary N) is 2.